The van der Waals surface area contributed by atoms with Gasteiger partial charge in [-0.1, -0.05) is 5.16 Å². The van der Waals surface area contributed by atoms with Gasteiger partial charge >= 0.3 is 0 Å². The predicted molar refractivity (Wildman–Crippen MR) is 103 cm³/mol. The maximum atomic E-state index is 5.32. The molecule has 0 atom stereocenters. The Balaban J connectivity index is 1.28. The summed E-state index contributed by atoms with van der Waals surface area (Å²) < 4.78 is 9.66. The van der Waals surface area contributed by atoms with E-state index >= 15 is 0 Å². The second kappa shape index (κ2) is 7.16. The van der Waals surface area contributed by atoms with Crippen LogP contribution >= 0.6 is 0 Å². The zero-order chi connectivity index (χ0) is 19.1. The Hall–Kier alpha value is -2.48. The quantitative estimate of drug-likeness (QED) is 0.653. The highest BCUT2D eigenvalue weighted by atomic mass is 16.5. The molecule has 4 heterocycles. The van der Waals surface area contributed by atoms with Crippen LogP contribution in [-0.4, -0.2) is 47.7 Å². The van der Waals surface area contributed by atoms with E-state index in [0.717, 1.165) is 49.8 Å². The summed E-state index contributed by atoms with van der Waals surface area (Å²) in [6, 6.07) is 2.53. The van der Waals surface area contributed by atoms with Crippen LogP contribution in [0.5, 0.6) is 0 Å². The highest BCUT2D eigenvalue weighted by Crippen LogP contribution is 2.40. The van der Waals surface area contributed by atoms with Gasteiger partial charge in [0.1, 0.15) is 18.1 Å². The molecule has 1 aliphatic carbocycles. The van der Waals surface area contributed by atoms with Crippen LogP contribution in [0.4, 0.5) is 0 Å². The molecule has 3 aromatic rings. The summed E-state index contributed by atoms with van der Waals surface area (Å²) in [5.74, 6) is 3.65. The standard InChI is InChI=1S/C20H27N7O/c1-14-18(15(2)28-24-14)12-25-10-6-16(7-11-25)20-23-22-19(27(20)17-4-5-17)13-26-9-3-8-21-26/h3,8-9,16-17H,4-7,10-13H2,1-2H3. The number of likely N-dealkylation sites (tertiary alicyclic amines) is 1. The molecule has 28 heavy (non-hydrogen) atoms. The topological polar surface area (TPSA) is 77.8 Å². The SMILES string of the molecule is Cc1noc(C)c1CN1CCC(c2nnc(Cn3cccn3)n2C2CC2)CC1. The van der Waals surface area contributed by atoms with Crippen molar-refractivity contribution in [2.75, 3.05) is 13.1 Å². The van der Waals surface area contributed by atoms with E-state index in [-0.39, 0.29) is 0 Å². The lowest BCUT2D eigenvalue weighted by Gasteiger charge is -2.31. The summed E-state index contributed by atoms with van der Waals surface area (Å²) in [7, 11) is 0. The van der Waals surface area contributed by atoms with Gasteiger partial charge in [0, 0.05) is 36.5 Å². The summed E-state index contributed by atoms with van der Waals surface area (Å²) in [4.78, 5) is 2.51. The van der Waals surface area contributed by atoms with Gasteiger partial charge in [0.05, 0.1) is 5.69 Å². The average molecular weight is 381 g/mol. The van der Waals surface area contributed by atoms with Crippen molar-refractivity contribution in [1.29, 1.82) is 0 Å². The second-order valence-corrected chi connectivity index (χ2v) is 8.13. The van der Waals surface area contributed by atoms with Crippen molar-refractivity contribution in [2.45, 2.75) is 64.6 Å². The van der Waals surface area contributed by atoms with Crippen LogP contribution in [0.25, 0.3) is 0 Å². The van der Waals surface area contributed by atoms with Crippen molar-refractivity contribution in [2.24, 2.45) is 0 Å². The number of aryl methyl sites for hydroxylation is 2. The highest BCUT2D eigenvalue weighted by Gasteiger charge is 2.33. The summed E-state index contributed by atoms with van der Waals surface area (Å²) in [5.41, 5.74) is 2.25. The maximum absolute atomic E-state index is 5.32. The molecule has 0 unspecified atom stereocenters. The Morgan fingerprint density at radius 2 is 1.89 bits per heavy atom. The van der Waals surface area contributed by atoms with Crippen LogP contribution < -0.4 is 0 Å². The molecule has 0 amide bonds. The molecule has 0 radical (unpaired) electrons. The molecule has 1 aliphatic heterocycles. The molecular weight excluding hydrogens is 354 g/mol. The van der Waals surface area contributed by atoms with Gasteiger partial charge in [0.2, 0.25) is 0 Å². The van der Waals surface area contributed by atoms with Gasteiger partial charge in [0.25, 0.3) is 0 Å². The lowest BCUT2D eigenvalue weighted by molar-refractivity contribution is 0.198. The minimum Gasteiger partial charge on any atom is -0.361 e. The minimum absolute atomic E-state index is 0.486. The van der Waals surface area contributed by atoms with Gasteiger partial charge in [-0.25, -0.2) is 0 Å². The Labute approximate surface area is 164 Å². The molecule has 8 nitrogen and oxygen atoms in total. The van der Waals surface area contributed by atoms with Crippen LogP contribution in [0.1, 0.15) is 66.3 Å². The van der Waals surface area contributed by atoms with Crippen LogP contribution in [-0.2, 0) is 13.1 Å². The van der Waals surface area contributed by atoms with E-state index in [4.69, 9.17) is 4.52 Å². The van der Waals surface area contributed by atoms with Gasteiger partial charge in [-0.15, -0.1) is 10.2 Å². The first-order valence-corrected chi connectivity index (χ1v) is 10.2. The molecule has 3 aromatic heterocycles. The van der Waals surface area contributed by atoms with E-state index in [2.05, 4.69) is 29.9 Å². The van der Waals surface area contributed by atoms with Crippen LogP contribution in [0.2, 0.25) is 0 Å². The Kier molecular flexibility index (Phi) is 4.50. The van der Waals surface area contributed by atoms with Crippen molar-refractivity contribution < 1.29 is 4.52 Å². The predicted octanol–water partition coefficient (Wildman–Crippen LogP) is 2.84. The third-order valence-electron chi connectivity index (χ3n) is 6.08. The minimum atomic E-state index is 0.486. The number of piperidine rings is 1. The van der Waals surface area contributed by atoms with E-state index in [1.807, 2.05) is 37.0 Å². The molecule has 1 saturated carbocycles. The summed E-state index contributed by atoms with van der Waals surface area (Å²) in [6.45, 7) is 7.79. The second-order valence-electron chi connectivity index (χ2n) is 8.13. The number of hydrogen-bond acceptors (Lipinski definition) is 6. The molecule has 0 spiro atoms. The van der Waals surface area contributed by atoms with Crippen molar-refractivity contribution >= 4 is 0 Å². The van der Waals surface area contributed by atoms with Crippen molar-refractivity contribution in [1.82, 2.24) is 34.6 Å². The average Bonchev–Trinajstić information content (AvgIpc) is 3.10. The molecule has 148 valence electrons. The zero-order valence-electron chi connectivity index (χ0n) is 16.6. The highest BCUT2D eigenvalue weighted by molar-refractivity contribution is 5.20. The first-order chi connectivity index (χ1) is 13.7. The van der Waals surface area contributed by atoms with Gasteiger partial charge in [0.15, 0.2) is 5.82 Å². The fourth-order valence-electron chi connectivity index (χ4n) is 4.29. The van der Waals surface area contributed by atoms with E-state index in [1.165, 1.54) is 24.2 Å². The smallest absolute Gasteiger partial charge is 0.155 e. The first-order valence-electron chi connectivity index (χ1n) is 10.2. The monoisotopic (exact) mass is 381 g/mol. The van der Waals surface area contributed by atoms with Crippen LogP contribution in [0.3, 0.4) is 0 Å². The zero-order valence-corrected chi connectivity index (χ0v) is 16.6. The van der Waals surface area contributed by atoms with E-state index in [1.54, 1.807) is 0 Å². The fraction of sp³-hybridized carbons (Fsp3) is 0.600. The molecular formula is C20H27N7O. The number of aromatic nitrogens is 6. The van der Waals surface area contributed by atoms with Crippen molar-refractivity contribution in [3.63, 3.8) is 0 Å². The lowest BCUT2D eigenvalue weighted by atomic mass is 9.95. The van der Waals surface area contributed by atoms with Gasteiger partial charge < -0.3 is 9.09 Å². The lowest BCUT2D eigenvalue weighted by Crippen LogP contribution is -2.33. The molecule has 0 bridgehead atoms. The van der Waals surface area contributed by atoms with Crippen LogP contribution in [0, 0.1) is 13.8 Å². The largest absolute Gasteiger partial charge is 0.361 e. The number of rotatable bonds is 6. The Bertz CT molecular complexity index is 911. The Morgan fingerprint density at radius 1 is 1.07 bits per heavy atom. The fourth-order valence-corrected chi connectivity index (χ4v) is 4.29. The van der Waals surface area contributed by atoms with Crippen LogP contribution in [0.15, 0.2) is 23.0 Å². The molecule has 8 heteroatoms. The Morgan fingerprint density at radius 3 is 2.54 bits per heavy atom. The summed E-state index contributed by atoms with van der Waals surface area (Å²) >= 11 is 0. The summed E-state index contributed by atoms with van der Waals surface area (Å²) in [5, 5.41) is 17.6. The van der Waals surface area contributed by atoms with Crippen molar-refractivity contribution in [3.05, 3.63) is 47.1 Å². The van der Waals surface area contributed by atoms with E-state index in [9.17, 15) is 0 Å². The molecule has 5 rings (SSSR count). The van der Waals surface area contributed by atoms with E-state index < -0.39 is 0 Å². The molecule has 0 aromatic carbocycles. The van der Waals surface area contributed by atoms with E-state index in [0.29, 0.717) is 18.5 Å². The van der Waals surface area contributed by atoms with Gasteiger partial charge in [-0.2, -0.15) is 5.10 Å². The van der Waals surface area contributed by atoms with Gasteiger partial charge in [-0.05, 0) is 58.7 Å². The number of hydrogen-bond donors (Lipinski definition) is 0. The molecule has 1 saturated heterocycles. The van der Waals surface area contributed by atoms with Gasteiger partial charge in [-0.3, -0.25) is 9.58 Å². The summed E-state index contributed by atoms with van der Waals surface area (Å²) in [6.07, 6.45) is 8.52. The first kappa shape index (κ1) is 17.6. The maximum Gasteiger partial charge on any atom is 0.155 e. The molecule has 2 fully saturated rings. The third kappa shape index (κ3) is 3.37. The number of nitrogens with zero attached hydrogens (tertiary/aromatic N) is 7. The normalized spacial score (nSPS) is 18.8. The molecule has 0 N–H and O–H groups in total. The third-order valence-corrected chi connectivity index (χ3v) is 6.08. The van der Waals surface area contributed by atoms with Crippen molar-refractivity contribution in [3.8, 4) is 0 Å². The molecule has 2 aliphatic rings.